The number of rotatable bonds is 8. The van der Waals surface area contributed by atoms with Gasteiger partial charge in [0.25, 0.3) is 11.5 Å². The van der Waals surface area contributed by atoms with Gasteiger partial charge >= 0.3 is 11.9 Å². The second-order valence-corrected chi connectivity index (χ2v) is 6.66. The van der Waals surface area contributed by atoms with Crippen LogP contribution in [-0.4, -0.2) is 47.8 Å². The smallest absolute Gasteiger partial charge is 0.328 e. The van der Waals surface area contributed by atoms with E-state index in [1.807, 2.05) is 13.8 Å². The molecule has 0 fully saturated rings. The van der Waals surface area contributed by atoms with Gasteiger partial charge in [0, 0.05) is 5.39 Å². The van der Waals surface area contributed by atoms with Crippen molar-refractivity contribution in [3.8, 4) is 0 Å². The molecule has 1 heterocycles. The zero-order valence-electron chi connectivity index (χ0n) is 16.0. The average Bonchev–Trinajstić information content (AvgIpc) is 2.67. The fraction of sp³-hybridized carbons (Fsp3) is 0.421. The third-order valence-corrected chi connectivity index (χ3v) is 3.98. The van der Waals surface area contributed by atoms with Crippen LogP contribution in [0.1, 0.15) is 26.0 Å². The molecule has 0 aliphatic carbocycles. The maximum absolute atomic E-state index is 12.1. The Hall–Kier alpha value is -3.23. The molecular formula is C19H23N3O6. The highest BCUT2D eigenvalue weighted by atomic mass is 16.5. The second-order valence-electron chi connectivity index (χ2n) is 6.66. The van der Waals surface area contributed by atoms with E-state index in [4.69, 9.17) is 4.74 Å². The van der Waals surface area contributed by atoms with E-state index >= 15 is 0 Å². The van der Waals surface area contributed by atoms with Crippen LogP contribution in [0.2, 0.25) is 0 Å². The van der Waals surface area contributed by atoms with E-state index in [2.05, 4.69) is 20.3 Å². The largest absolute Gasteiger partial charge is 0.467 e. The van der Waals surface area contributed by atoms with Crippen LogP contribution in [-0.2, 0) is 30.3 Å². The molecule has 1 atom stereocenters. The second kappa shape index (κ2) is 9.63. The molecule has 1 amide bonds. The Morgan fingerprint density at radius 1 is 1.18 bits per heavy atom. The third kappa shape index (κ3) is 5.63. The maximum atomic E-state index is 12.1. The minimum atomic E-state index is -0.805. The van der Waals surface area contributed by atoms with Crippen LogP contribution in [0, 0.1) is 5.92 Å². The number of hydrogen-bond acceptors (Lipinski definition) is 7. The molecule has 1 aromatic heterocycles. The number of fused-ring (bicyclic) bond motifs is 1. The molecule has 0 saturated heterocycles. The minimum Gasteiger partial charge on any atom is -0.467 e. The highest BCUT2D eigenvalue weighted by Gasteiger charge is 2.23. The zero-order chi connectivity index (χ0) is 20.7. The number of esters is 2. The van der Waals surface area contributed by atoms with Crippen molar-refractivity contribution in [1.82, 2.24) is 15.5 Å². The van der Waals surface area contributed by atoms with Crippen LogP contribution < -0.4 is 10.9 Å². The average molecular weight is 389 g/mol. The summed E-state index contributed by atoms with van der Waals surface area (Å²) in [7, 11) is 1.24. The van der Waals surface area contributed by atoms with Crippen LogP contribution in [0.5, 0.6) is 0 Å². The van der Waals surface area contributed by atoms with Gasteiger partial charge in [-0.25, -0.2) is 9.89 Å². The van der Waals surface area contributed by atoms with Gasteiger partial charge in [-0.05, 0) is 18.4 Å². The molecule has 0 radical (unpaired) electrons. The SMILES string of the molecule is COC(=O)[C@H](CC(C)C)NC(=O)COC(=O)Cc1n[nH]c(=O)c2ccccc12. The number of H-pyrrole nitrogens is 1. The fourth-order valence-electron chi connectivity index (χ4n) is 2.70. The molecule has 0 aliphatic heterocycles. The summed E-state index contributed by atoms with van der Waals surface area (Å²) in [5, 5.41) is 9.67. The summed E-state index contributed by atoms with van der Waals surface area (Å²) in [4.78, 5) is 47.6. The van der Waals surface area contributed by atoms with E-state index in [0.717, 1.165) is 0 Å². The summed E-state index contributed by atoms with van der Waals surface area (Å²) >= 11 is 0. The van der Waals surface area contributed by atoms with Gasteiger partial charge < -0.3 is 14.8 Å². The fourth-order valence-corrected chi connectivity index (χ4v) is 2.70. The Morgan fingerprint density at radius 3 is 2.50 bits per heavy atom. The Kier molecular flexibility index (Phi) is 7.25. The number of nitrogens with zero attached hydrogens (tertiary/aromatic N) is 1. The molecule has 0 aliphatic rings. The highest BCUT2D eigenvalue weighted by Crippen LogP contribution is 2.13. The monoisotopic (exact) mass is 389 g/mol. The normalized spacial score (nSPS) is 11.9. The number of carbonyl (C=O) groups excluding carboxylic acids is 3. The third-order valence-electron chi connectivity index (χ3n) is 3.98. The Balaban J connectivity index is 1.95. The molecule has 2 N–H and O–H groups in total. The number of methoxy groups -OCH3 is 1. The van der Waals surface area contributed by atoms with Gasteiger partial charge in [0.15, 0.2) is 6.61 Å². The van der Waals surface area contributed by atoms with Crippen LogP contribution in [0.3, 0.4) is 0 Å². The lowest BCUT2D eigenvalue weighted by Gasteiger charge is -2.18. The Morgan fingerprint density at radius 2 is 1.86 bits per heavy atom. The van der Waals surface area contributed by atoms with Crippen LogP contribution in [0.4, 0.5) is 0 Å². The number of carbonyl (C=O) groups is 3. The van der Waals surface area contributed by atoms with Crippen molar-refractivity contribution in [2.45, 2.75) is 32.7 Å². The summed E-state index contributed by atoms with van der Waals surface area (Å²) in [6.45, 7) is 3.28. The topological polar surface area (TPSA) is 127 Å². The lowest BCUT2D eigenvalue weighted by Crippen LogP contribution is -2.44. The molecule has 0 spiro atoms. The number of nitrogens with one attached hydrogen (secondary N) is 2. The van der Waals surface area contributed by atoms with Gasteiger partial charge in [-0.2, -0.15) is 5.10 Å². The van der Waals surface area contributed by atoms with Crippen molar-refractivity contribution in [2.24, 2.45) is 5.92 Å². The Labute approximate surface area is 161 Å². The van der Waals surface area contributed by atoms with E-state index in [1.165, 1.54) is 7.11 Å². The first-order valence-electron chi connectivity index (χ1n) is 8.81. The predicted molar refractivity (Wildman–Crippen MR) is 100 cm³/mol. The van der Waals surface area contributed by atoms with Crippen LogP contribution >= 0.6 is 0 Å². The Bertz CT molecular complexity index is 921. The first-order chi connectivity index (χ1) is 13.3. The number of ether oxygens (including phenoxy) is 2. The standard InChI is InChI=1S/C19H23N3O6/c1-11(2)8-15(19(26)27-3)20-16(23)10-28-17(24)9-14-12-6-4-5-7-13(12)18(25)22-21-14/h4-7,11,15H,8-10H2,1-3H3,(H,20,23)(H,22,25)/t15-/m0/s1. The van der Waals surface area contributed by atoms with Gasteiger partial charge in [0.05, 0.1) is 24.6 Å². The van der Waals surface area contributed by atoms with E-state index in [9.17, 15) is 19.2 Å². The van der Waals surface area contributed by atoms with Gasteiger partial charge in [0.1, 0.15) is 6.04 Å². The summed E-state index contributed by atoms with van der Waals surface area (Å²) < 4.78 is 9.64. The van der Waals surface area contributed by atoms with Crippen molar-refractivity contribution in [2.75, 3.05) is 13.7 Å². The van der Waals surface area contributed by atoms with Crippen molar-refractivity contribution in [1.29, 1.82) is 0 Å². The van der Waals surface area contributed by atoms with Crippen molar-refractivity contribution < 1.29 is 23.9 Å². The molecular weight excluding hydrogens is 366 g/mol. The van der Waals surface area contributed by atoms with Gasteiger partial charge in [-0.1, -0.05) is 32.0 Å². The van der Waals surface area contributed by atoms with Crippen molar-refractivity contribution in [3.05, 3.63) is 40.3 Å². The number of amides is 1. The van der Waals surface area contributed by atoms with E-state index in [-0.39, 0.29) is 17.9 Å². The number of benzene rings is 1. The van der Waals surface area contributed by atoms with E-state index in [0.29, 0.717) is 22.9 Å². The molecule has 0 unspecified atom stereocenters. The highest BCUT2D eigenvalue weighted by molar-refractivity contribution is 5.88. The van der Waals surface area contributed by atoms with Gasteiger partial charge in [-0.15, -0.1) is 0 Å². The molecule has 0 bridgehead atoms. The van der Waals surface area contributed by atoms with E-state index in [1.54, 1.807) is 24.3 Å². The lowest BCUT2D eigenvalue weighted by atomic mass is 10.0. The predicted octanol–water partition coefficient (Wildman–Crippen LogP) is 0.713. The molecule has 0 saturated carbocycles. The van der Waals surface area contributed by atoms with E-state index < -0.39 is 30.5 Å². The molecule has 28 heavy (non-hydrogen) atoms. The van der Waals surface area contributed by atoms with Gasteiger partial charge in [-0.3, -0.25) is 14.4 Å². The molecule has 9 heteroatoms. The summed E-state index contributed by atoms with van der Waals surface area (Å²) in [5.74, 6) is -1.69. The first kappa shape index (κ1) is 21.1. The zero-order valence-corrected chi connectivity index (χ0v) is 16.0. The molecule has 2 aromatic rings. The van der Waals surface area contributed by atoms with Crippen LogP contribution in [0.25, 0.3) is 10.8 Å². The van der Waals surface area contributed by atoms with Crippen LogP contribution in [0.15, 0.2) is 29.1 Å². The molecule has 1 aromatic carbocycles. The van der Waals surface area contributed by atoms with Gasteiger partial charge in [0.2, 0.25) is 0 Å². The number of hydrogen-bond donors (Lipinski definition) is 2. The summed E-state index contributed by atoms with van der Waals surface area (Å²) in [5.41, 5.74) is -0.0149. The molecule has 150 valence electrons. The van der Waals surface area contributed by atoms with Crippen molar-refractivity contribution in [3.63, 3.8) is 0 Å². The van der Waals surface area contributed by atoms with Crippen molar-refractivity contribution >= 4 is 28.6 Å². The summed E-state index contributed by atoms with van der Waals surface area (Å²) in [6.07, 6.45) is 0.191. The number of aromatic amines is 1. The maximum Gasteiger partial charge on any atom is 0.328 e. The first-order valence-corrected chi connectivity index (χ1v) is 8.81. The summed E-state index contributed by atoms with van der Waals surface area (Å²) in [6, 6.07) is 5.94. The number of aromatic nitrogens is 2. The molecule has 9 nitrogen and oxygen atoms in total. The molecule has 2 rings (SSSR count). The quantitative estimate of drug-likeness (QED) is 0.637. The minimum absolute atomic E-state index is 0.159. The lowest BCUT2D eigenvalue weighted by molar-refractivity contribution is -0.150.